The van der Waals surface area contributed by atoms with E-state index < -0.39 is 0 Å². The summed E-state index contributed by atoms with van der Waals surface area (Å²) in [6.07, 6.45) is 1.63. The minimum absolute atomic E-state index is 0.182. The molecular formula is C9H18NO2+. The van der Waals surface area contributed by atoms with Crippen LogP contribution < -0.4 is 0 Å². The molecule has 0 radical (unpaired) electrons. The average molecular weight is 172 g/mol. The number of carbonyl (C=O) groups is 1. The molecule has 0 aliphatic carbocycles. The Morgan fingerprint density at radius 1 is 1.42 bits per heavy atom. The Bertz CT molecular complexity index is 179. The molecule has 0 bridgehead atoms. The highest BCUT2D eigenvalue weighted by molar-refractivity contribution is 5.87. The van der Waals surface area contributed by atoms with Gasteiger partial charge in [-0.25, -0.2) is 4.79 Å². The fourth-order valence-electron chi connectivity index (χ4n) is 0.717. The summed E-state index contributed by atoms with van der Waals surface area (Å²) in [5.41, 5.74) is 0.547. The van der Waals surface area contributed by atoms with Gasteiger partial charge in [0.05, 0.1) is 0 Å². The topological polar surface area (TPSA) is 26.3 Å². The molecule has 0 aliphatic rings. The number of hydrogen-bond acceptors (Lipinski definition) is 2. The maximum absolute atomic E-state index is 11.2. The van der Waals surface area contributed by atoms with Crippen molar-refractivity contribution in [2.75, 3.05) is 21.1 Å². The van der Waals surface area contributed by atoms with Gasteiger partial charge in [0.15, 0.2) is 0 Å². The number of hydroxylamine groups is 3. The first kappa shape index (κ1) is 11.2. The second-order valence-corrected chi connectivity index (χ2v) is 3.62. The van der Waals surface area contributed by atoms with Crippen molar-refractivity contribution >= 4 is 5.97 Å². The quantitative estimate of drug-likeness (QED) is 0.365. The summed E-state index contributed by atoms with van der Waals surface area (Å²) >= 11 is 0. The molecule has 0 aliphatic heterocycles. The predicted molar refractivity (Wildman–Crippen MR) is 48.2 cm³/mol. The van der Waals surface area contributed by atoms with E-state index in [1.165, 1.54) is 0 Å². The number of rotatable bonds is 4. The van der Waals surface area contributed by atoms with Gasteiger partial charge in [-0.3, -0.25) is 4.84 Å². The van der Waals surface area contributed by atoms with E-state index in [1.54, 1.807) is 21.1 Å². The van der Waals surface area contributed by atoms with Gasteiger partial charge in [-0.15, -0.1) is 4.65 Å². The molecule has 0 amide bonds. The van der Waals surface area contributed by atoms with Gasteiger partial charge in [-0.05, 0) is 6.42 Å². The highest BCUT2D eigenvalue weighted by atomic mass is 16.7. The number of hydrogen-bond donors (Lipinski definition) is 0. The van der Waals surface area contributed by atoms with Gasteiger partial charge in [0.25, 0.3) is 0 Å². The van der Waals surface area contributed by atoms with Crippen LogP contribution in [0, 0.1) is 0 Å². The van der Waals surface area contributed by atoms with E-state index in [1.807, 2.05) is 6.92 Å². The van der Waals surface area contributed by atoms with E-state index in [9.17, 15) is 4.79 Å². The fourth-order valence-corrected chi connectivity index (χ4v) is 0.717. The Labute approximate surface area is 74.2 Å². The highest BCUT2D eigenvalue weighted by Crippen LogP contribution is 2.06. The van der Waals surface area contributed by atoms with Crippen molar-refractivity contribution in [3.05, 3.63) is 12.2 Å². The smallest absolute Gasteiger partial charge is 0.272 e. The van der Waals surface area contributed by atoms with Crippen LogP contribution in [-0.2, 0) is 9.63 Å². The maximum Gasteiger partial charge on any atom is 0.392 e. The molecule has 0 heterocycles. The lowest BCUT2D eigenvalue weighted by atomic mass is 10.2. The second-order valence-electron chi connectivity index (χ2n) is 3.62. The molecule has 0 spiro atoms. The van der Waals surface area contributed by atoms with Gasteiger partial charge in [-0.2, -0.15) is 0 Å². The van der Waals surface area contributed by atoms with E-state index >= 15 is 0 Å². The molecule has 0 atom stereocenters. The van der Waals surface area contributed by atoms with Crippen LogP contribution >= 0.6 is 0 Å². The van der Waals surface area contributed by atoms with Crippen LogP contribution in [-0.4, -0.2) is 31.8 Å². The molecule has 0 aromatic rings. The van der Waals surface area contributed by atoms with Gasteiger partial charge in [0.1, 0.15) is 21.1 Å². The van der Waals surface area contributed by atoms with Crippen LogP contribution in [0.2, 0.25) is 0 Å². The third kappa shape index (κ3) is 4.91. The molecule has 0 aromatic heterocycles. The zero-order valence-electron chi connectivity index (χ0n) is 8.39. The summed E-state index contributed by atoms with van der Waals surface area (Å²) in [5.74, 6) is -0.302. The molecule has 70 valence electrons. The van der Waals surface area contributed by atoms with Crippen LogP contribution in [0.5, 0.6) is 0 Å². The molecule has 0 fully saturated rings. The third-order valence-corrected chi connectivity index (χ3v) is 1.20. The minimum atomic E-state index is -0.302. The normalized spacial score (nSPS) is 11.0. The minimum Gasteiger partial charge on any atom is -0.272 e. The number of quaternary nitrogens is 1. The van der Waals surface area contributed by atoms with E-state index in [4.69, 9.17) is 4.84 Å². The Kier molecular flexibility index (Phi) is 3.96. The largest absolute Gasteiger partial charge is 0.392 e. The van der Waals surface area contributed by atoms with Crippen molar-refractivity contribution < 1.29 is 14.3 Å². The Morgan fingerprint density at radius 2 is 1.92 bits per heavy atom. The van der Waals surface area contributed by atoms with Crippen LogP contribution in [0.1, 0.15) is 19.8 Å². The average Bonchev–Trinajstić information content (AvgIpc) is 1.84. The lowest BCUT2D eigenvalue weighted by Gasteiger charge is -2.20. The van der Waals surface area contributed by atoms with Gasteiger partial charge in [-0.1, -0.05) is 19.9 Å². The third-order valence-electron chi connectivity index (χ3n) is 1.20. The first-order chi connectivity index (χ1) is 5.37. The monoisotopic (exact) mass is 172 g/mol. The fraction of sp³-hybridized carbons (Fsp3) is 0.667. The molecule has 0 aromatic carbocycles. The van der Waals surface area contributed by atoms with Crippen molar-refractivity contribution in [3.63, 3.8) is 0 Å². The van der Waals surface area contributed by atoms with Gasteiger partial charge in [0.2, 0.25) is 0 Å². The molecule has 0 saturated carbocycles. The molecule has 12 heavy (non-hydrogen) atoms. The van der Waals surface area contributed by atoms with Gasteiger partial charge >= 0.3 is 5.97 Å². The summed E-state index contributed by atoms with van der Waals surface area (Å²) in [4.78, 5) is 16.3. The van der Waals surface area contributed by atoms with Crippen molar-refractivity contribution in [2.45, 2.75) is 19.8 Å². The summed E-state index contributed by atoms with van der Waals surface area (Å²) in [6, 6.07) is 0. The molecule has 3 nitrogen and oxygen atoms in total. The molecule has 0 N–H and O–H groups in total. The predicted octanol–water partition coefficient (Wildman–Crippen LogP) is 1.51. The second kappa shape index (κ2) is 4.26. The van der Waals surface area contributed by atoms with E-state index in [0.717, 1.165) is 6.42 Å². The van der Waals surface area contributed by atoms with Crippen molar-refractivity contribution in [1.29, 1.82) is 0 Å². The van der Waals surface area contributed by atoms with Crippen LogP contribution in [0.25, 0.3) is 0 Å². The molecule has 0 unspecified atom stereocenters. The molecule has 0 rings (SSSR count). The van der Waals surface area contributed by atoms with Crippen LogP contribution in [0.3, 0.4) is 0 Å². The first-order valence-electron chi connectivity index (χ1n) is 4.10. The van der Waals surface area contributed by atoms with Crippen molar-refractivity contribution in [2.24, 2.45) is 0 Å². The van der Waals surface area contributed by atoms with E-state index in [0.29, 0.717) is 12.0 Å². The SMILES string of the molecule is C=C(CCC)C(=O)O[N+](C)(C)C. The molecule has 0 saturated heterocycles. The Morgan fingerprint density at radius 3 is 2.25 bits per heavy atom. The highest BCUT2D eigenvalue weighted by Gasteiger charge is 2.17. The van der Waals surface area contributed by atoms with Crippen molar-refractivity contribution in [3.8, 4) is 0 Å². The Hall–Kier alpha value is -0.830. The van der Waals surface area contributed by atoms with Crippen LogP contribution in [0.4, 0.5) is 0 Å². The zero-order chi connectivity index (χ0) is 9.78. The van der Waals surface area contributed by atoms with E-state index in [2.05, 4.69) is 6.58 Å². The summed E-state index contributed by atoms with van der Waals surface area (Å²) in [7, 11) is 5.37. The lowest BCUT2D eigenvalue weighted by Crippen LogP contribution is -2.37. The number of carbonyl (C=O) groups excluding carboxylic acids is 1. The molecule has 3 heteroatoms. The van der Waals surface area contributed by atoms with E-state index in [-0.39, 0.29) is 10.6 Å². The lowest BCUT2D eigenvalue weighted by molar-refractivity contribution is -1.04. The summed E-state index contributed by atoms with van der Waals surface area (Å²) in [6.45, 7) is 5.65. The Balaban J connectivity index is 3.97. The maximum atomic E-state index is 11.2. The number of nitrogens with zero attached hydrogens (tertiary/aromatic N) is 1. The van der Waals surface area contributed by atoms with Crippen molar-refractivity contribution in [1.82, 2.24) is 0 Å². The zero-order valence-corrected chi connectivity index (χ0v) is 8.39. The standard InChI is InChI=1S/C9H18NO2/c1-6-7-8(2)9(11)12-10(3,4)5/h2,6-7H2,1,3-5H3/q+1. The van der Waals surface area contributed by atoms with Crippen LogP contribution in [0.15, 0.2) is 12.2 Å². The summed E-state index contributed by atoms with van der Waals surface area (Å²) < 4.78 is 0.182. The van der Waals surface area contributed by atoms with Gasteiger partial charge < -0.3 is 0 Å². The molecular weight excluding hydrogens is 154 g/mol. The first-order valence-corrected chi connectivity index (χ1v) is 4.10. The summed E-state index contributed by atoms with van der Waals surface area (Å²) in [5, 5.41) is 0. The van der Waals surface area contributed by atoms with Gasteiger partial charge in [0, 0.05) is 5.57 Å².